The predicted molar refractivity (Wildman–Crippen MR) is 72.2 cm³/mol. The monoisotopic (exact) mass is 254 g/mol. The van der Waals surface area contributed by atoms with Gasteiger partial charge in [0.05, 0.1) is 12.1 Å². The van der Waals surface area contributed by atoms with E-state index in [-0.39, 0.29) is 18.4 Å². The first-order valence-corrected chi connectivity index (χ1v) is 7.09. The van der Waals surface area contributed by atoms with Crippen LogP contribution >= 0.6 is 0 Å². The van der Waals surface area contributed by atoms with E-state index in [0.717, 1.165) is 12.8 Å². The number of carbonyl (C=O) groups excluding carboxylic acids is 2. The molecule has 0 bridgehead atoms. The smallest absolute Gasteiger partial charge is 0.248 e. The van der Waals surface area contributed by atoms with Gasteiger partial charge in [-0.25, -0.2) is 0 Å². The standard InChI is InChI=1S/C14H26N2O2/c1-4-5-6-7-8-9-10-16-12(17)11-15-14(2,3)13(16)18/h15H,4-11H2,1-3H3. The summed E-state index contributed by atoms with van der Waals surface area (Å²) in [6, 6.07) is 0. The SMILES string of the molecule is CCCCCCCCN1C(=O)CNC(C)(C)C1=O. The number of nitrogens with one attached hydrogen (secondary N) is 1. The number of imide groups is 1. The first-order chi connectivity index (χ1) is 8.49. The van der Waals surface area contributed by atoms with Crippen molar-refractivity contribution < 1.29 is 9.59 Å². The van der Waals surface area contributed by atoms with E-state index in [0.29, 0.717) is 6.54 Å². The maximum absolute atomic E-state index is 12.1. The van der Waals surface area contributed by atoms with Crippen molar-refractivity contribution in [1.29, 1.82) is 0 Å². The Kier molecular flexibility index (Phi) is 5.79. The Morgan fingerprint density at radius 2 is 1.72 bits per heavy atom. The van der Waals surface area contributed by atoms with Gasteiger partial charge in [0.1, 0.15) is 0 Å². The Labute approximate surface area is 110 Å². The average molecular weight is 254 g/mol. The molecule has 0 unspecified atom stereocenters. The van der Waals surface area contributed by atoms with Crippen LogP contribution in [0.25, 0.3) is 0 Å². The number of rotatable bonds is 7. The van der Waals surface area contributed by atoms with Crippen LogP contribution in [0.2, 0.25) is 0 Å². The van der Waals surface area contributed by atoms with Gasteiger partial charge >= 0.3 is 0 Å². The fraction of sp³-hybridized carbons (Fsp3) is 0.857. The molecule has 1 aliphatic heterocycles. The van der Waals surface area contributed by atoms with Gasteiger partial charge in [-0.1, -0.05) is 39.0 Å². The largest absolute Gasteiger partial charge is 0.295 e. The summed E-state index contributed by atoms with van der Waals surface area (Å²) < 4.78 is 0. The lowest BCUT2D eigenvalue weighted by atomic mass is 10.00. The van der Waals surface area contributed by atoms with Crippen LogP contribution in [0.5, 0.6) is 0 Å². The molecule has 1 fully saturated rings. The van der Waals surface area contributed by atoms with Gasteiger partial charge in [0.15, 0.2) is 0 Å². The summed E-state index contributed by atoms with van der Waals surface area (Å²) >= 11 is 0. The van der Waals surface area contributed by atoms with Crippen molar-refractivity contribution >= 4 is 11.8 Å². The lowest BCUT2D eigenvalue weighted by Gasteiger charge is -2.36. The molecular formula is C14H26N2O2. The van der Waals surface area contributed by atoms with Gasteiger partial charge in [-0.3, -0.25) is 19.8 Å². The highest BCUT2D eigenvalue weighted by molar-refractivity contribution is 6.02. The molecule has 1 N–H and O–H groups in total. The molecule has 1 heterocycles. The third kappa shape index (κ3) is 4.09. The third-order valence-electron chi connectivity index (χ3n) is 3.50. The first-order valence-electron chi connectivity index (χ1n) is 7.09. The Morgan fingerprint density at radius 1 is 1.11 bits per heavy atom. The number of unbranched alkanes of at least 4 members (excludes halogenated alkanes) is 5. The van der Waals surface area contributed by atoms with E-state index >= 15 is 0 Å². The molecule has 0 aliphatic carbocycles. The van der Waals surface area contributed by atoms with Crippen LogP contribution in [0.1, 0.15) is 59.3 Å². The van der Waals surface area contributed by atoms with Crippen molar-refractivity contribution in [2.45, 2.75) is 64.8 Å². The third-order valence-corrected chi connectivity index (χ3v) is 3.50. The Bertz CT molecular complexity index is 300. The van der Waals surface area contributed by atoms with E-state index in [4.69, 9.17) is 0 Å². The van der Waals surface area contributed by atoms with Gasteiger partial charge < -0.3 is 0 Å². The second-order valence-corrected chi connectivity index (χ2v) is 5.60. The molecule has 0 aromatic heterocycles. The lowest BCUT2D eigenvalue weighted by Crippen LogP contribution is -2.63. The van der Waals surface area contributed by atoms with E-state index in [1.807, 2.05) is 13.8 Å². The maximum atomic E-state index is 12.1. The van der Waals surface area contributed by atoms with Crippen LogP contribution in [0.15, 0.2) is 0 Å². The molecule has 4 nitrogen and oxygen atoms in total. The molecule has 0 aromatic carbocycles. The molecule has 1 aliphatic rings. The number of hydrogen-bond acceptors (Lipinski definition) is 3. The fourth-order valence-corrected chi connectivity index (χ4v) is 2.19. The van der Waals surface area contributed by atoms with Gasteiger partial charge in [-0.2, -0.15) is 0 Å². The van der Waals surface area contributed by atoms with Gasteiger partial charge in [-0.15, -0.1) is 0 Å². The number of carbonyl (C=O) groups is 2. The molecule has 0 atom stereocenters. The van der Waals surface area contributed by atoms with Crippen molar-refractivity contribution in [1.82, 2.24) is 10.2 Å². The average Bonchev–Trinajstić information content (AvgIpc) is 2.33. The molecule has 1 rings (SSSR count). The number of hydrogen-bond donors (Lipinski definition) is 1. The summed E-state index contributed by atoms with van der Waals surface area (Å²) in [4.78, 5) is 25.2. The molecule has 4 heteroatoms. The van der Waals surface area contributed by atoms with E-state index in [2.05, 4.69) is 12.2 Å². The number of piperazine rings is 1. The minimum absolute atomic E-state index is 0.0899. The molecule has 18 heavy (non-hydrogen) atoms. The highest BCUT2D eigenvalue weighted by Gasteiger charge is 2.39. The molecule has 0 radical (unpaired) electrons. The zero-order valence-corrected chi connectivity index (χ0v) is 11.9. The topological polar surface area (TPSA) is 49.4 Å². The second-order valence-electron chi connectivity index (χ2n) is 5.60. The number of nitrogens with zero attached hydrogens (tertiary/aromatic N) is 1. The molecule has 104 valence electrons. The van der Waals surface area contributed by atoms with Crippen molar-refractivity contribution in [3.8, 4) is 0 Å². The van der Waals surface area contributed by atoms with Crippen molar-refractivity contribution in [3.05, 3.63) is 0 Å². The zero-order valence-electron chi connectivity index (χ0n) is 11.9. The van der Waals surface area contributed by atoms with E-state index in [1.54, 1.807) is 0 Å². The quantitative estimate of drug-likeness (QED) is 0.559. The molecule has 0 spiro atoms. The van der Waals surface area contributed by atoms with E-state index in [1.165, 1.54) is 30.6 Å². The Balaban J connectivity index is 2.31. The summed E-state index contributed by atoms with van der Waals surface area (Å²) in [5.41, 5.74) is -0.601. The van der Waals surface area contributed by atoms with Crippen LogP contribution in [0.4, 0.5) is 0 Å². The van der Waals surface area contributed by atoms with Crippen molar-refractivity contribution in [2.24, 2.45) is 0 Å². The molecule has 0 saturated carbocycles. The van der Waals surface area contributed by atoms with Gasteiger partial charge in [0, 0.05) is 6.54 Å². The normalized spacial score (nSPS) is 19.4. The molecule has 1 saturated heterocycles. The van der Waals surface area contributed by atoms with Crippen LogP contribution < -0.4 is 5.32 Å². The number of amides is 2. The first kappa shape index (κ1) is 15.2. The molecule has 2 amide bonds. The van der Waals surface area contributed by atoms with Crippen LogP contribution in [0.3, 0.4) is 0 Å². The van der Waals surface area contributed by atoms with Crippen LogP contribution in [-0.4, -0.2) is 35.3 Å². The van der Waals surface area contributed by atoms with Crippen LogP contribution in [-0.2, 0) is 9.59 Å². The summed E-state index contributed by atoms with van der Waals surface area (Å²) in [7, 11) is 0. The minimum Gasteiger partial charge on any atom is -0.295 e. The second kappa shape index (κ2) is 6.88. The summed E-state index contributed by atoms with van der Waals surface area (Å²) in [5.74, 6) is -0.180. The fourth-order valence-electron chi connectivity index (χ4n) is 2.19. The highest BCUT2D eigenvalue weighted by Crippen LogP contribution is 2.14. The van der Waals surface area contributed by atoms with E-state index < -0.39 is 5.54 Å². The lowest BCUT2D eigenvalue weighted by molar-refractivity contribution is -0.152. The summed E-state index contributed by atoms with van der Waals surface area (Å²) in [6.07, 6.45) is 7.00. The van der Waals surface area contributed by atoms with Gasteiger partial charge in [0.25, 0.3) is 0 Å². The minimum atomic E-state index is -0.601. The van der Waals surface area contributed by atoms with Crippen molar-refractivity contribution in [2.75, 3.05) is 13.1 Å². The zero-order chi connectivity index (χ0) is 13.6. The van der Waals surface area contributed by atoms with Crippen molar-refractivity contribution in [3.63, 3.8) is 0 Å². The van der Waals surface area contributed by atoms with Crippen LogP contribution in [0, 0.1) is 0 Å². The highest BCUT2D eigenvalue weighted by atomic mass is 16.2. The summed E-state index contributed by atoms with van der Waals surface area (Å²) in [6.45, 7) is 6.70. The van der Waals surface area contributed by atoms with Gasteiger partial charge in [0.2, 0.25) is 11.8 Å². The molecular weight excluding hydrogens is 228 g/mol. The van der Waals surface area contributed by atoms with E-state index in [9.17, 15) is 9.59 Å². The Hall–Kier alpha value is -0.900. The molecule has 0 aromatic rings. The predicted octanol–water partition coefficient (Wildman–Crippen LogP) is 2.08. The van der Waals surface area contributed by atoms with Gasteiger partial charge in [-0.05, 0) is 20.3 Å². The maximum Gasteiger partial charge on any atom is 0.248 e. The summed E-state index contributed by atoms with van der Waals surface area (Å²) in [5, 5.41) is 2.97. The Morgan fingerprint density at radius 3 is 2.39 bits per heavy atom.